The summed E-state index contributed by atoms with van der Waals surface area (Å²) in [6.07, 6.45) is -9.04. The quantitative estimate of drug-likeness (QED) is 0.147. The average molecular weight is 633 g/mol. The van der Waals surface area contributed by atoms with E-state index in [-0.39, 0.29) is 11.1 Å². The number of hydrogen-bond donors (Lipinski definition) is 2. The Labute approximate surface area is 247 Å². The van der Waals surface area contributed by atoms with Crippen molar-refractivity contribution in [2.24, 2.45) is 0 Å². The highest BCUT2D eigenvalue weighted by Crippen LogP contribution is 2.51. The van der Waals surface area contributed by atoms with Crippen LogP contribution in [0.4, 0.5) is 37.7 Å². The molecule has 3 heterocycles. The molecule has 0 aliphatic rings. The van der Waals surface area contributed by atoms with Gasteiger partial charge in [-0.25, -0.2) is 0 Å². The summed E-state index contributed by atoms with van der Waals surface area (Å²) in [7, 11) is 1.66. The van der Waals surface area contributed by atoms with Gasteiger partial charge in [0, 0.05) is 48.8 Å². The highest BCUT2D eigenvalue weighted by Gasteiger charge is 2.35. The summed E-state index contributed by atoms with van der Waals surface area (Å²) in [6, 6.07) is 17.4. The largest absolute Gasteiger partial charge is 0.417 e. The molecule has 4 nitrogen and oxygen atoms in total. The van der Waals surface area contributed by atoms with Gasteiger partial charge in [-0.2, -0.15) is 35.1 Å². The predicted molar refractivity (Wildman–Crippen MR) is 159 cm³/mol. The molecule has 3 aromatic carbocycles. The Morgan fingerprint density at radius 3 is 1.52 bits per heavy atom. The van der Waals surface area contributed by atoms with E-state index in [4.69, 9.17) is 5.73 Å². The number of fused-ring (bicyclic) bond motifs is 1. The molecular formula is C29H18F6N4S3. The van der Waals surface area contributed by atoms with Crippen molar-refractivity contribution in [3.8, 4) is 41.8 Å². The predicted octanol–water partition coefficient (Wildman–Crippen LogP) is 10.1. The Morgan fingerprint density at radius 1 is 0.619 bits per heavy atom. The highest BCUT2D eigenvalue weighted by molar-refractivity contribution is 7.19. The van der Waals surface area contributed by atoms with Gasteiger partial charge in [-0.1, -0.05) is 36.4 Å². The number of nitrogens with one attached hydrogen (secondary N) is 1. The van der Waals surface area contributed by atoms with E-state index in [1.807, 2.05) is 0 Å². The zero-order valence-corrected chi connectivity index (χ0v) is 23.8. The van der Waals surface area contributed by atoms with Gasteiger partial charge < -0.3 is 11.1 Å². The molecule has 0 unspecified atom stereocenters. The fourth-order valence-electron chi connectivity index (χ4n) is 4.90. The molecule has 6 aromatic rings. The molecule has 0 spiro atoms. The fourth-order valence-corrected chi connectivity index (χ4v) is 7.66. The Kier molecular flexibility index (Phi) is 6.98. The molecule has 3 N–H and O–H groups in total. The standard InChI is InChI=1S/C29H18F6N4S3/c1-37-25-23(21-13-11-19(41-21)15-7-3-5-9-17(15)29(33,34)35)27-26(38-42-39-27)22(24(25)36)20-12-10-18(40-20)14-6-2-4-8-16(14)28(30,31)32/h2-13,37H,36H2,1H3. The van der Waals surface area contributed by atoms with Crippen molar-refractivity contribution in [3.05, 3.63) is 83.9 Å². The Hall–Kier alpha value is -3.94. The Bertz CT molecular complexity index is 1930. The third kappa shape index (κ3) is 4.80. The molecule has 42 heavy (non-hydrogen) atoms. The van der Waals surface area contributed by atoms with E-state index in [0.717, 1.165) is 35.2 Å². The first-order valence-electron chi connectivity index (χ1n) is 12.3. The van der Waals surface area contributed by atoms with Crippen molar-refractivity contribution in [3.63, 3.8) is 0 Å². The van der Waals surface area contributed by atoms with E-state index < -0.39 is 23.5 Å². The topological polar surface area (TPSA) is 63.8 Å². The van der Waals surface area contributed by atoms with E-state index in [2.05, 4.69) is 14.1 Å². The van der Waals surface area contributed by atoms with Crippen LogP contribution in [0.3, 0.4) is 0 Å². The van der Waals surface area contributed by atoms with Crippen LogP contribution >= 0.6 is 34.4 Å². The third-order valence-electron chi connectivity index (χ3n) is 6.70. The molecule has 214 valence electrons. The minimum atomic E-state index is -4.52. The molecule has 0 atom stereocenters. The van der Waals surface area contributed by atoms with Crippen molar-refractivity contribution in [1.82, 2.24) is 8.75 Å². The van der Waals surface area contributed by atoms with Gasteiger partial charge in [-0.15, -0.1) is 22.7 Å². The van der Waals surface area contributed by atoms with E-state index >= 15 is 0 Å². The van der Waals surface area contributed by atoms with Gasteiger partial charge in [0.25, 0.3) is 0 Å². The van der Waals surface area contributed by atoms with Gasteiger partial charge in [-0.3, -0.25) is 0 Å². The van der Waals surface area contributed by atoms with E-state index in [0.29, 0.717) is 53.0 Å². The monoisotopic (exact) mass is 632 g/mol. The maximum atomic E-state index is 13.7. The molecule has 0 fully saturated rings. The van der Waals surface area contributed by atoms with Crippen molar-refractivity contribution in [2.75, 3.05) is 18.1 Å². The zero-order valence-electron chi connectivity index (χ0n) is 21.4. The minimum Gasteiger partial charge on any atom is -0.396 e. The average Bonchev–Trinajstić information content (AvgIpc) is 3.73. The van der Waals surface area contributed by atoms with Crippen LogP contribution < -0.4 is 11.1 Å². The fraction of sp³-hybridized carbons (Fsp3) is 0.103. The lowest BCUT2D eigenvalue weighted by atomic mass is 10.00. The van der Waals surface area contributed by atoms with Crippen molar-refractivity contribution < 1.29 is 26.3 Å². The summed E-state index contributed by atoms with van der Waals surface area (Å²) in [5, 5.41) is 3.10. The number of aromatic nitrogens is 2. The summed E-state index contributed by atoms with van der Waals surface area (Å²) in [4.78, 5) is 2.07. The summed E-state index contributed by atoms with van der Waals surface area (Å²) in [5.41, 5.74) is 8.18. The van der Waals surface area contributed by atoms with E-state index in [9.17, 15) is 26.3 Å². The van der Waals surface area contributed by atoms with Gasteiger partial charge in [0.15, 0.2) is 0 Å². The third-order valence-corrected chi connectivity index (χ3v) is 9.50. The van der Waals surface area contributed by atoms with Crippen LogP contribution in [0.25, 0.3) is 52.8 Å². The molecule has 0 saturated carbocycles. The molecular weight excluding hydrogens is 615 g/mol. The van der Waals surface area contributed by atoms with Gasteiger partial charge in [0.2, 0.25) is 0 Å². The number of nitrogen functional groups attached to an aromatic ring is 1. The lowest BCUT2D eigenvalue weighted by Crippen LogP contribution is -2.06. The van der Waals surface area contributed by atoms with E-state index in [1.165, 1.54) is 35.6 Å². The summed E-state index contributed by atoms with van der Waals surface area (Å²) >= 11 is 3.27. The molecule has 6 rings (SSSR count). The second kappa shape index (κ2) is 10.4. The van der Waals surface area contributed by atoms with Crippen molar-refractivity contribution in [1.29, 1.82) is 0 Å². The lowest BCUT2D eigenvalue weighted by molar-refractivity contribution is -0.137. The number of nitrogens with zero attached hydrogens (tertiary/aromatic N) is 2. The van der Waals surface area contributed by atoms with Gasteiger partial charge in [-0.05, 0) is 36.4 Å². The molecule has 0 aliphatic heterocycles. The molecule has 3 aromatic heterocycles. The first-order chi connectivity index (χ1) is 20.0. The first kappa shape index (κ1) is 28.2. The van der Waals surface area contributed by atoms with Crippen molar-refractivity contribution >= 4 is 56.8 Å². The van der Waals surface area contributed by atoms with Crippen LogP contribution in [0.5, 0.6) is 0 Å². The zero-order chi connectivity index (χ0) is 29.8. The number of nitrogens with two attached hydrogens (primary N) is 1. The number of anilines is 2. The van der Waals surface area contributed by atoms with Crippen LogP contribution in [-0.2, 0) is 12.4 Å². The molecule has 0 aliphatic carbocycles. The smallest absolute Gasteiger partial charge is 0.396 e. The molecule has 0 bridgehead atoms. The second-order valence-corrected chi connectivity index (χ2v) is 11.9. The maximum Gasteiger partial charge on any atom is 0.417 e. The number of halogens is 6. The van der Waals surface area contributed by atoms with Crippen LogP contribution in [0, 0.1) is 0 Å². The number of hydrogen-bond acceptors (Lipinski definition) is 7. The number of alkyl halides is 6. The number of thiophene rings is 2. The molecule has 0 amide bonds. The van der Waals surface area contributed by atoms with Crippen LogP contribution in [0.1, 0.15) is 11.1 Å². The van der Waals surface area contributed by atoms with Crippen LogP contribution in [0.15, 0.2) is 72.8 Å². The molecule has 0 saturated heterocycles. The van der Waals surface area contributed by atoms with Gasteiger partial charge in [0.05, 0.1) is 34.2 Å². The minimum absolute atomic E-state index is 0.0585. The number of rotatable bonds is 5. The Morgan fingerprint density at radius 2 is 1.05 bits per heavy atom. The number of benzene rings is 3. The highest BCUT2D eigenvalue weighted by atomic mass is 32.1. The lowest BCUT2D eigenvalue weighted by Gasteiger charge is -2.16. The second-order valence-electron chi connectivity index (χ2n) is 9.16. The van der Waals surface area contributed by atoms with E-state index in [1.54, 1.807) is 43.4 Å². The summed E-state index contributed by atoms with van der Waals surface area (Å²) < 4.78 is 91.2. The van der Waals surface area contributed by atoms with Crippen LogP contribution in [-0.4, -0.2) is 15.8 Å². The summed E-state index contributed by atoms with van der Waals surface area (Å²) in [6.45, 7) is 0. The van der Waals surface area contributed by atoms with Gasteiger partial charge in [0.1, 0.15) is 11.0 Å². The maximum absolute atomic E-state index is 13.7. The molecule has 0 radical (unpaired) electrons. The van der Waals surface area contributed by atoms with Crippen molar-refractivity contribution in [2.45, 2.75) is 12.4 Å². The SMILES string of the molecule is CNc1c(N)c(-c2ccc(-c3ccccc3C(F)(F)F)s2)c2nsnc2c1-c1ccc(-c2ccccc2C(F)(F)F)s1. The first-order valence-corrected chi connectivity index (χ1v) is 14.6. The Balaban J connectivity index is 1.50. The summed E-state index contributed by atoms with van der Waals surface area (Å²) in [5.74, 6) is 0. The molecule has 13 heteroatoms. The van der Waals surface area contributed by atoms with Gasteiger partial charge >= 0.3 is 12.4 Å². The van der Waals surface area contributed by atoms with Crippen LogP contribution in [0.2, 0.25) is 0 Å². The normalized spacial score (nSPS) is 12.3.